The van der Waals surface area contributed by atoms with Crippen LogP contribution in [0.5, 0.6) is 5.75 Å². The lowest BCUT2D eigenvalue weighted by Gasteiger charge is -2.29. The second kappa shape index (κ2) is 5.24. The van der Waals surface area contributed by atoms with Crippen molar-refractivity contribution in [3.05, 3.63) is 29.6 Å². The Labute approximate surface area is 107 Å². The van der Waals surface area contributed by atoms with Crippen molar-refractivity contribution in [3.8, 4) is 5.75 Å². The minimum Gasteiger partial charge on any atom is -0.494 e. The summed E-state index contributed by atoms with van der Waals surface area (Å²) in [5.41, 5.74) is 0.879. The van der Waals surface area contributed by atoms with E-state index in [1.54, 1.807) is 6.07 Å². The zero-order valence-corrected chi connectivity index (χ0v) is 11.1. The molecule has 0 radical (unpaired) electrons. The molecule has 2 unspecified atom stereocenters. The minimum atomic E-state index is -0.322. The molecule has 3 nitrogen and oxygen atoms in total. The molecule has 100 valence electrons. The summed E-state index contributed by atoms with van der Waals surface area (Å²) in [4.78, 5) is 0. The number of nitrogens with one attached hydrogen (secondary N) is 1. The van der Waals surface area contributed by atoms with Gasteiger partial charge in [0.15, 0.2) is 11.6 Å². The molecule has 4 heteroatoms. The van der Waals surface area contributed by atoms with Crippen LogP contribution < -0.4 is 10.1 Å². The number of halogens is 1. The van der Waals surface area contributed by atoms with Gasteiger partial charge in [0, 0.05) is 18.7 Å². The van der Waals surface area contributed by atoms with Crippen molar-refractivity contribution in [1.82, 2.24) is 5.32 Å². The third-order valence-electron chi connectivity index (χ3n) is 3.80. The van der Waals surface area contributed by atoms with Crippen molar-refractivity contribution in [2.75, 3.05) is 13.7 Å². The molecule has 0 spiro atoms. The monoisotopic (exact) mass is 253 g/mol. The molecule has 2 rings (SSSR count). The normalized spacial score (nSPS) is 27.4. The van der Waals surface area contributed by atoms with Gasteiger partial charge in [-0.2, -0.15) is 0 Å². The Morgan fingerprint density at radius 1 is 1.56 bits per heavy atom. The van der Waals surface area contributed by atoms with E-state index in [0.717, 1.165) is 18.6 Å². The molecule has 0 saturated carbocycles. The molecular weight excluding hydrogens is 233 g/mol. The summed E-state index contributed by atoms with van der Waals surface area (Å²) in [6.07, 6.45) is 1.16. The third-order valence-corrected chi connectivity index (χ3v) is 3.80. The molecule has 1 aromatic rings. The van der Waals surface area contributed by atoms with Gasteiger partial charge in [-0.05, 0) is 38.0 Å². The van der Waals surface area contributed by atoms with Gasteiger partial charge in [0.05, 0.1) is 13.2 Å². The maximum atomic E-state index is 13.5. The second-order valence-corrected chi connectivity index (χ2v) is 5.00. The van der Waals surface area contributed by atoms with E-state index >= 15 is 0 Å². The molecule has 1 heterocycles. The van der Waals surface area contributed by atoms with Crippen molar-refractivity contribution < 1.29 is 13.9 Å². The van der Waals surface area contributed by atoms with Gasteiger partial charge < -0.3 is 14.8 Å². The summed E-state index contributed by atoms with van der Waals surface area (Å²) < 4.78 is 24.0. The summed E-state index contributed by atoms with van der Waals surface area (Å²) >= 11 is 0. The minimum absolute atomic E-state index is 0.0313. The molecule has 0 aromatic heterocycles. The number of methoxy groups -OCH3 is 1. The molecule has 1 N–H and O–H groups in total. The molecule has 1 saturated heterocycles. The van der Waals surface area contributed by atoms with Crippen LogP contribution in [-0.4, -0.2) is 25.4 Å². The van der Waals surface area contributed by atoms with Gasteiger partial charge in [0.25, 0.3) is 0 Å². The van der Waals surface area contributed by atoms with Gasteiger partial charge in [0.2, 0.25) is 0 Å². The van der Waals surface area contributed by atoms with Crippen LogP contribution in [0.4, 0.5) is 4.39 Å². The van der Waals surface area contributed by atoms with E-state index in [-0.39, 0.29) is 23.2 Å². The molecule has 2 atom stereocenters. The smallest absolute Gasteiger partial charge is 0.165 e. The fraction of sp³-hybridized carbons (Fsp3) is 0.571. The van der Waals surface area contributed by atoms with Crippen molar-refractivity contribution >= 4 is 0 Å². The standard InChI is InChI=1S/C14H20FNO2/c1-10-14(2,6-7-18-10)16-9-11-4-5-13(17-3)12(15)8-11/h4-5,8,10,16H,6-7,9H2,1-3H3. The first-order valence-electron chi connectivity index (χ1n) is 6.24. The van der Waals surface area contributed by atoms with Crippen LogP contribution in [0.3, 0.4) is 0 Å². The lowest BCUT2D eigenvalue weighted by molar-refractivity contribution is 0.0881. The maximum absolute atomic E-state index is 13.5. The number of hydrogen-bond donors (Lipinski definition) is 1. The Bertz CT molecular complexity index is 424. The first kappa shape index (κ1) is 13.3. The lowest BCUT2D eigenvalue weighted by Crippen LogP contribution is -2.47. The summed E-state index contributed by atoms with van der Waals surface area (Å²) in [6.45, 7) is 5.62. The van der Waals surface area contributed by atoms with Crippen LogP contribution in [0.15, 0.2) is 18.2 Å². The highest BCUT2D eigenvalue weighted by Gasteiger charge is 2.36. The topological polar surface area (TPSA) is 30.5 Å². The predicted octanol–water partition coefficient (Wildman–Crippen LogP) is 2.49. The highest BCUT2D eigenvalue weighted by molar-refractivity contribution is 5.29. The van der Waals surface area contributed by atoms with Gasteiger partial charge >= 0.3 is 0 Å². The van der Waals surface area contributed by atoms with Gasteiger partial charge in [0.1, 0.15) is 0 Å². The predicted molar refractivity (Wildman–Crippen MR) is 68.2 cm³/mol. The van der Waals surface area contributed by atoms with Gasteiger partial charge in [-0.1, -0.05) is 6.07 Å². The average Bonchev–Trinajstić information content (AvgIpc) is 2.68. The van der Waals surface area contributed by atoms with Crippen LogP contribution in [0.25, 0.3) is 0 Å². The van der Waals surface area contributed by atoms with Crippen LogP contribution in [0, 0.1) is 5.82 Å². The van der Waals surface area contributed by atoms with Crippen LogP contribution in [-0.2, 0) is 11.3 Å². The Kier molecular flexibility index (Phi) is 3.88. The maximum Gasteiger partial charge on any atom is 0.165 e. The van der Waals surface area contributed by atoms with E-state index in [2.05, 4.69) is 19.2 Å². The lowest BCUT2D eigenvalue weighted by atomic mass is 9.94. The molecule has 0 amide bonds. The van der Waals surface area contributed by atoms with Crippen molar-refractivity contribution in [2.45, 2.75) is 38.5 Å². The highest BCUT2D eigenvalue weighted by atomic mass is 19.1. The molecule has 1 aliphatic rings. The van der Waals surface area contributed by atoms with Crippen LogP contribution in [0.2, 0.25) is 0 Å². The number of rotatable bonds is 4. The van der Waals surface area contributed by atoms with E-state index in [0.29, 0.717) is 6.54 Å². The second-order valence-electron chi connectivity index (χ2n) is 5.00. The third kappa shape index (κ3) is 2.65. The molecule has 0 bridgehead atoms. The number of benzene rings is 1. The largest absolute Gasteiger partial charge is 0.494 e. The first-order valence-corrected chi connectivity index (χ1v) is 6.24. The molecular formula is C14H20FNO2. The molecule has 1 aliphatic heterocycles. The SMILES string of the molecule is COc1ccc(CNC2(C)CCOC2C)cc1F. The van der Waals surface area contributed by atoms with E-state index in [4.69, 9.17) is 9.47 Å². The van der Waals surface area contributed by atoms with Crippen molar-refractivity contribution in [2.24, 2.45) is 0 Å². The zero-order chi connectivity index (χ0) is 13.2. The van der Waals surface area contributed by atoms with Crippen molar-refractivity contribution in [3.63, 3.8) is 0 Å². The van der Waals surface area contributed by atoms with E-state index in [1.807, 2.05) is 6.07 Å². The van der Waals surface area contributed by atoms with E-state index in [1.165, 1.54) is 13.2 Å². The fourth-order valence-electron chi connectivity index (χ4n) is 2.19. The average molecular weight is 253 g/mol. The Balaban J connectivity index is 2.00. The van der Waals surface area contributed by atoms with E-state index < -0.39 is 0 Å². The Morgan fingerprint density at radius 3 is 2.89 bits per heavy atom. The number of hydrogen-bond acceptors (Lipinski definition) is 3. The Hall–Kier alpha value is -1.13. The Morgan fingerprint density at radius 2 is 2.33 bits per heavy atom. The van der Waals surface area contributed by atoms with Crippen LogP contribution in [0.1, 0.15) is 25.8 Å². The van der Waals surface area contributed by atoms with Gasteiger partial charge in [-0.15, -0.1) is 0 Å². The fourth-order valence-corrected chi connectivity index (χ4v) is 2.19. The quantitative estimate of drug-likeness (QED) is 0.894. The van der Waals surface area contributed by atoms with Crippen LogP contribution >= 0.6 is 0 Å². The van der Waals surface area contributed by atoms with E-state index in [9.17, 15) is 4.39 Å². The molecule has 1 fully saturated rings. The van der Waals surface area contributed by atoms with Gasteiger partial charge in [-0.3, -0.25) is 0 Å². The summed E-state index contributed by atoms with van der Waals surface area (Å²) in [6, 6.07) is 5.04. The summed E-state index contributed by atoms with van der Waals surface area (Å²) in [5, 5.41) is 3.46. The molecule has 1 aromatic carbocycles. The van der Waals surface area contributed by atoms with Gasteiger partial charge in [-0.25, -0.2) is 4.39 Å². The number of ether oxygens (including phenoxy) is 2. The van der Waals surface area contributed by atoms with Crippen molar-refractivity contribution in [1.29, 1.82) is 0 Å². The zero-order valence-electron chi connectivity index (χ0n) is 11.1. The summed E-state index contributed by atoms with van der Waals surface area (Å²) in [7, 11) is 1.47. The molecule has 0 aliphatic carbocycles. The highest BCUT2D eigenvalue weighted by Crippen LogP contribution is 2.26. The first-order chi connectivity index (χ1) is 8.55. The molecule has 18 heavy (non-hydrogen) atoms. The summed E-state index contributed by atoms with van der Waals surface area (Å²) in [5.74, 6) is -0.0415.